The molecule has 0 bridgehead atoms. The molecule has 1 aromatic carbocycles. The summed E-state index contributed by atoms with van der Waals surface area (Å²) in [4.78, 5) is 22.9. The molecule has 0 saturated heterocycles. The van der Waals surface area contributed by atoms with E-state index in [0.717, 1.165) is 16.9 Å². The lowest BCUT2D eigenvalue weighted by Crippen LogP contribution is -2.40. The van der Waals surface area contributed by atoms with Crippen molar-refractivity contribution in [1.82, 2.24) is 5.32 Å². The minimum absolute atomic E-state index is 0.0638. The van der Waals surface area contributed by atoms with E-state index in [9.17, 15) is 9.59 Å². The molecule has 24 heavy (non-hydrogen) atoms. The number of aryl methyl sites for hydroxylation is 2. The Labute approximate surface area is 140 Å². The van der Waals surface area contributed by atoms with Crippen LogP contribution in [0.5, 0.6) is 5.75 Å². The van der Waals surface area contributed by atoms with Gasteiger partial charge in [-0.2, -0.15) is 0 Å². The number of aliphatic carboxylic acids is 1. The van der Waals surface area contributed by atoms with Gasteiger partial charge in [-0.1, -0.05) is 24.6 Å². The van der Waals surface area contributed by atoms with Crippen LogP contribution in [-0.4, -0.2) is 23.0 Å². The number of nitrogens with one attached hydrogen (secondary N) is 1. The van der Waals surface area contributed by atoms with E-state index < -0.39 is 17.9 Å². The molecule has 0 aliphatic carbocycles. The molecule has 1 atom stereocenters. The summed E-state index contributed by atoms with van der Waals surface area (Å²) in [6, 6.07) is 8.08. The molecular weight excluding hydrogens is 310 g/mol. The van der Waals surface area contributed by atoms with E-state index in [0.29, 0.717) is 12.2 Å². The van der Waals surface area contributed by atoms with Gasteiger partial charge in [-0.15, -0.1) is 0 Å². The molecule has 0 saturated carbocycles. The number of carbonyl (C=O) groups excluding carboxylic acids is 1. The summed E-state index contributed by atoms with van der Waals surface area (Å²) < 4.78 is 11.1. The second kappa shape index (κ2) is 7.68. The highest BCUT2D eigenvalue weighted by Gasteiger charge is 2.20. The second-order valence-electron chi connectivity index (χ2n) is 5.60. The molecule has 1 aromatic heterocycles. The smallest absolute Gasteiger partial charge is 0.326 e. The van der Waals surface area contributed by atoms with E-state index >= 15 is 0 Å². The Morgan fingerprint density at radius 2 is 2.00 bits per heavy atom. The summed E-state index contributed by atoms with van der Waals surface area (Å²) in [5, 5.41) is 11.4. The lowest BCUT2D eigenvalue weighted by Gasteiger charge is -2.10. The molecule has 0 radical (unpaired) electrons. The lowest BCUT2D eigenvalue weighted by atomic mass is 10.1. The van der Waals surface area contributed by atoms with Gasteiger partial charge in [0.25, 0.3) is 5.91 Å². The van der Waals surface area contributed by atoms with Crippen molar-refractivity contribution in [3.05, 3.63) is 53.0 Å². The zero-order chi connectivity index (χ0) is 17.7. The number of furan rings is 1. The van der Waals surface area contributed by atoms with Crippen molar-refractivity contribution in [1.29, 1.82) is 0 Å². The number of hydrogen-bond donors (Lipinski definition) is 2. The molecule has 6 heteroatoms. The van der Waals surface area contributed by atoms with Crippen LogP contribution in [0.2, 0.25) is 0 Å². The summed E-state index contributed by atoms with van der Waals surface area (Å²) in [6.07, 6.45) is 0.296. The maximum atomic E-state index is 12.0. The number of benzene rings is 1. The highest BCUT2D eigenvalue weighted by molar-refractivity contribution is 5.94. The predicted octanol–water partition coefficient (Wildman–Crippen LogP) is 3.07. The Hall–Kier alpha value is -2.76. The standard InChI is InChI=1S/C18H21NO5/c1-4-14(18(21)22)19-17(20)16-8-6-13(24-16)10-23-15-7-5-11(2)9-12(15)3/h5-9,14H,4,10H2,1-3H3,(H,19,20)(H,21,22). The molecular formula is C18H21NO5. The zero-order valence-corrected chi connectivity index (χ0v) is 14.0. The van der Waals surface area contributed by atoms with Crippen molar-refractivity contribution < 1.29 is 23.8 Å². The minimum Gasteiger partial charge on any atom is -0.485 e. The largest absolute Gasteiger partial charge is 0.485 e. The Morgan fingerprint density at radius 1 is 1.25 bits per heavy atom. The van der Waals surface area contributed by atoms with Gasteiger partial charge in [-0.05, 0) is 44.0 Å². The van der Waals surface area contributed by atoms with Gasteiger partial charge in [0.1, 0.15) is 24.2 Å². The molecule has 1 unspecified atom stereocenters. The molecule has 6 nitrogen and oxygen atoms in total. The van der Waals surface area contributed by atoms with Crippen LogP contribution in [0.15, 0.2) is 34.7 Å². The highest BCUT2D eigenvalue weighted by Crippen LogP contribution is 2.20. The number of rotatable bonds is 7. The summed E-state index contributed by atoms with van der Waals surface area (Å²) in [7, 11) is 0. The van der Waals surface area contributed by atoms with Gasteiger partial charge in [0.2, 0.25) is 0 Å². The third kappa shape index (κ3) is 4.38. The van der Waals surface area contributed by atoms with Gasteiger partial charge in [0.15, 0.2) is 5.76 Å². The minimum atomic E-state index is -1.07. The molecule has 0 aliphatic heterocycles. The Morgan fingerprint density at radius 3 is 2.62 bits per heavy atom. The van der Waals surface area contributed by atoms with Crippen molar-refractivity contribution in [2.75, 3.05) is 0 Å². The molecule has 2 N–H and O–H groups in total. The first-order chi connectivity index (χ1) is 11.4. The van der Waals surface area contributed by atoms with Gasteiger partial charge in [0.05, 0.1) is 0 Å². The van der Waals surface area contributed by atoms with Crippen LogP contribution < -0.4 is 10.1 Å². The highest BCUT2D eigenvalue weighted by atomic mass is 16.5. The van der Waals surface area contributed by atoms with Gasteiger partial charge in [-0.3, -0.25) is 4.79 Å². The van der Waals surface area contributed by atoms with Crippen molar-refractivity contribution in [3.8, 4) is 5.75 Å². The number of carbonyl (C=O) groups is 2. The second-order valence-corrected chi connectivity index (χ2v) is 5.60. The summed E-state index contributed by atoms with van der Waals surface area (Å²) in [6.45, 7) is 5.84. The number of carboxylic acid groups (broad SMARTS) is 1. The molecule has 0 fully saturated rings. The monoisotopic (exact) mass is 331 g/mol. The van der Waals surface area contributed by atoms with Crippen molar-refractivity contribution >= 4 is 11.9 Å². The van der Waals surface area contributed by atoms with Gasteiger partial charge in [0, 0.05) is 0 Å². The molecule has 0 aliphatic rings. The molecule has 1 heterocycles. The van der Waals surface area contributed by atoms with E-state index in [2.05, 4.69) is 5.32 Å². The zero-order valence-electron chi connectivity index (χ0n) is 14.0. The molecule has 2 rings (SSSR count). The first-order valence-corrected chi connectivity index (χ1v) is 7.73. The van der Waals surface area contributed by atoms with E-state index in [1.807, 2.05) is 32.0 Å². The Kier molecular flexibility index (Phi) is 5.63. The van der Waals surface area contributed by atoms with Crippen LogP contribution in [0, 0.1) is 13.8 Å². The van der Waals surface area contributed by atoms with Crippen LogP contribution in [0.25, 0.3) is 0 Å². The van der Waals surface area contributed by atoms with Crippen molar-refractivity contribution in [3.63, 3.8) is 0 Å². The quantitative estimate of drug-likeness (QED) is 0.814. The van der Waals surface area contributed by atoms with Gasteiger partial charge >= 0.3 is 5.97 Å². The number of carboxylic acids is 1. The fourth-order valence-electron chi connectivity index (χ4n) is 2.26. The normalized spacial score (nSPS) is 11.8. The third-order valence-electron chi connectivity index (χ3n) is 3.60. The topological polar surface area (TPSA) is 88.8 Å². The molecule has 128 valence electrons. The van der Waals surface area contributed by atoms with Crippen LogP contribution in [0.4, 0.5) is 0 Å². The number of ether oxygens (including phenoxy) is 1. The van der Waals surface area contributed by atoms with Crippen LogP contribution >= 0.6 is 0 Å². The van der Waals surface area contributed by atoms with E-state index in [4.69, 9.17) is 14.3 Å². The predicted molar refractivity (Wildman–Crippen MR) is 88.1 cm³/mol. The maximum Gasteiger partial charge on any atom is 0.326 e. The van der Waals surface area contributed by atoms with Crippen LogP contribution in [0.1, 0.15) is 40.8 Å². The number of hydrogen-bond acceptors (Lipinski definition) is 4. The first-order valence-electron chi connectivity index (χ1n) is 7.73. The Bertz CT molecular complexity index is 735. The first kappa shape index (κ1) is 17.6. The molecule has 1 amide bonds. The summed E-state index contributed by atoms with van der Waals surface area (Å²) in [5.74, 6) is -0.324. The van der Waals surface area contributed by atoms with Crippen LogP contribution in [-0.2, 0) is 11.4 Å². The molecule has 2 aromatic rings. The van der Waals surface area contributed by atoms with Gasteiger partial charge < -0.3 is 19.6 Å². The average Bonchev–Trinajstić information content (AvgIpc) is 3.00. The third-order valence-corrected chi connectivity index (χ3v) is 3.60. The fourth-order valence-corrected chi connectivity index (χ4v) is 2.26. The van der Waals surface area contributed by atoms with E-state index in [1.165, 1.54) is 6.07 Å². The average molecular weight is 331 g/mol. The fraction of sp³-hybridized carbons (Fsp3) is 0.333. The van der Waals surface area contributed by atoms with E-state index in [1.54, 1.807) is 13.0 Å². The van der Waals surface area contributed by atoms with Gasteiger partial charge in [-0.25, -0.2) is 4.79 Å². The summed E-state index contributed by atoms with van der Waals surface area (Å²) >= 11 is 0. The Balaban J connectivity index is 1.97. The van der Waals surface area contributed by atoms with Crippen LogP contribution in [0.3, 0.4) is 0 Å². The van der Waals surface area contributed by atoms with Crippen molar-refractivity contribution in [2.24, 2.45) is 0 Å². The maximum absolute atomic E-state index is 12.0. The SMILES string of the molecule is CCC(NC(=O)c1ccc(COc2ccc(C)cc2C)o1)C(=O)O. The van der Waals surface area contributed by atoms with Crippen molar-refractivity contribution in [2.45, 2.75) is 39.8 Å². The lowest BCUT2D eigenvalue weighted by molar-refractivity contribution is -0.139. The summed E-state index contributed by atoms with van der Waals surface area (Å²) in [5.41, 5.74) is 2.17. The van der Waals surface area contributed by atoms with E-state index in [-0.39, 0.29) is 12.4 Å². The number of amides is 1. The molecule has 0 spiro atoms.